The number of hydrogen-bond donors (Lipinski definition) is 1. The standard InChI is InChI=1S/C41H69NO8/c1-6-8-10-12-14-15-16-17-18-19-20-21-22-23-24-25-26-28-30-32-39(44)50-37(35-48-38(43)31-29-27-13-11-9-7-2)36-49-41(40(45)46)47-34-33-42(3,4)5/h8,10,14-15,17-18,20-21,23-24,37,41H,6-7,9,11-13,16,19,22,25-36H2,1-5H3/p+1/b10-8-,15-14-,18-17-,21-20-,24-23-. The topological polar surface area (TPSA) is 108 Å². The van der Waals surface area contributed by atoms with E-state index < -0.39 is 24.3 Å². The first-order chi connectivity index (χ1) is 24.1. The molecule has 9 heteroatoms. The normalized spacial score (nSPS) is 13.7. The Bertz CT molecular complexity index is 1010. The quantitative estimate of drug-likeness (QED) is 0.0237. The maximum Gasteiger partial charge on any atom is 0.361 e. The van der Waals surface area contributed by atoms with E-state index in [0.717, 1.165) is 77.0 Å². The average molecular weight is 705 g/mol. The zero-order chi connectivity index (χ0) is 37.1. The van der Waals surface area contributed by atoms with Crippen molar-refractivity contribution in [3.63, 3.8) is 0 Å². The monoisotopic (exact) mass is 705 g/mol. The fourth-order valence-electron chi connectivity index (χ4n) is 4.56. The van der Waals surface area contributed by atoms with Gasteiger partial charge in [0.2, 0.25) is 0 Å². The van der Waals surface area contributed by atoms with E-state index in [9.17, 15) is 19.5 Å². The van der Waals surface area contributed by atoms with Gasteiger partial charge in [-0.3, -0.25) is 9.59 Å². The van der Waals surface area contributed by atoms with Gasteiger partial charge in [0.15, 0.2) is 6.10 Å². The minimum Gasteiger partial charge on any atom is -0.477 e. The summed E-state index contributed by atoms with van der Waals surface area (Å²) in [4.78, 5) is 36.7. The molecular formula is C41H70NO8+. The van der Waals surface area contributed by atoms with Crippen molar-refractivity contribution in [2.45, 2.75) is 135 Å². The molecule has 0 aromatic carbocycles. The molecule has 286 valence electrons. The van der Waals surface area contributed by atoms with Crippen molar-refractivity contribution >= 4 is 17.9 Å². The smallest absolute Gasteiger partial charge is 0.361 e. The summed E-state index contributed by atoms with van der Waals surface area (Å²) in [5.41, 5.74) is 0. The second-order valence-corrected chi connectivity index (χ2v) is 13.5. The predicted octanol–water partition coefficient (Wildman–Crippen LogP) is 9.04. The number of unbranched alkanes of at least 4 members (excludes halogenated alkanes) is 8. The van der Waals surface area contributed by atoms with Crippen LogP contribution >= 0.6 is 0 Å². The van der Waals surface area contributed by atoms with Crippen LogP contribution in [0.15, 0.2) is 60.8 Å². The Morgan fingerprint density at radius 2 is 1.14 bits per heavy atom. The Labute approximate surface area is 304 Å². The van der Waals surface area contributed by atoms with E-state index in [2.05, 4.69) is 74.6 Å². The number of rotatable bonds is 33. The van der Waals surface area contributed by atoms with Gasteiger partial charge in [-0.15, -0.1) is 0 Å². The van der Waals surface area contributed by atoms with Crippen LogP contribution in [0.4, 0.5) is 0 Å². The van der Waals surface area contributed by atoms with Crippen LogP contribution in [0.3, 0.4) is 0 Å². The van der Waals surface area contributed by atoms with Crippen LogP contribution in [0.1, 0.15) is 123 Å². The summed E-state index contributed by atoms with van der Waals surface area (Å²) < 4.78 is 22.5. The number of carboxylic acids is 1. The highest BCUT2D eigenvalue weighted by molar-refractivity contribution is 5.71. The molecule has 2 atom stereocenters. The number of ether oxygens (including phenoxy) is 4. The number of esters is 2. The Kier molecular flexibility index (Phi) is 31.2. The summed E-state index contributed by atoms with van der Waals surface area (Å²) >= 11 is 0. The first-order valence-corrected chi connectivity index (χ1v) is 19.0. The number of carbonyl (C=O) groups is 3. The molecule has 0 heterocycles. The van der Waals surface area contributed by atoms with Crippen molar-refractivity contribution in [3.8, 4) is 0 Å². The molecule has 0 aromatic heterocycles. The molecule has 0 aromatic rings. The molecule has 1 N–H and O–H groups in total. The van der Waals surface area contributed by atoms with Crippen LogP contribution in [0, 0.1) is 0 Å². The highest BCUT2D eigenvalue weighted by Crippen LogP contribution is 2.11. The number of carbonyl (C=O) groups excluding carboxylic acids is 2. The minimum atomic E-state index is -1.52. The van der Waals surface area contributed by atoms with Crippen LogP contribution in [0.2, 0.25) is 0 Å². The number of likely N-dealkylation sites (N-methyl/N-ethyl adjacent to an activating group) is 1. The van der Waals surface area contributed by atoms with Gasteiger partial charge in [-0.2, -0.15) is 0 Å². The molecular weight excluding hydrogens is 634 g/mol. The zero-order valence-corrected chi connectivity index (χ0v) is 32.0. The largest absolute Gasteiger partial charge is 0.477 e. The Morgan fingerprint density at radius 1 is 0.620 bits per heavy atom. The van der Waals surface area contributed by atoms with Gasteiger partial charge in [0.1, 0.15) is 13.2 Å². The number of carboxylic acid groups (broad SMARTS) is 1. The molecule has 0 aliphatic heterocycles. The fourth-order valence-corrected chi connectivity index (χ4v) is 4.56. The van der Waals surface area contributed by atoms with Crippen molar-refractivity contribution < 1.29 is 42.9 Å². The van der Waals surface area contributed by atoms with Crippen molar-refractivity contribution in [1.82, 2.24) is 0 Å². The molecule has 9 nitrogen and oxygen atoms in total. The lowest BCUT2D eigenvalue weighted by molar-refractivity contribution is -0.870. The van der Waals surface area contributed by atoms with E-state index in [0.29, 0.717) is 17.4 Å². The highest BCUT2D eigenvalue weighted by atomic mass is 16.7. The van der Waals surface area contributed by atoms with E-state index in [1.807, 2.05) is 21.1 Å². The molecule has 0 saturated carbocycles. The third-order valence-electron chi connectivity index (χ3n) is 7.54. The second-order valence-electron chi connectivity index (χ2n) is 13.5. The summed E-state index contributed by atoms with van der Waals surface area (Å²) in [6.07, 6.45) is 34.5. The third-order valence-corrected chi connectivity index (χ3v) is 7.54. The number of allylic oxidation sites excluding steroid dienone is 10. The predicted molar refractivity (Wildman–Crippen MR) is 203 cm³/mol. The number of hydrogen-bond acceptors (Lipinski definition) is 7. The van der Waals surface area contributed by atoms with Crippen molar-refractivity contribution in [3.05, 3.63) is 60.8 Å². The van der Waals surface area contributed by atoms with Crippen LogP contribution in [0.5, 0.6) is 0 Å². The SMILES string of the molecule is CC/C=C\C/C=C\C/C=C\C/C=C\C/C=C\CCCCCC(=O)OC(COC(=O)CCCCCCCC)COC(OCC[N+](C)(C)C)C(=O)O. The fraction of sp³-hybridized carbons (Fsp3) is 0.683. The molecule has 0 amide bonds. The van der Waals surface area contributed by atoms with Crippen molar-refractivity contribution in [1.29, 1.82) is 0 Å². The maximum absolute atomic E-state index is 12.6. The second kappa shape index (κ2) is 33.2. The van der Waals surface area contributed by atoms with Gasteiger partial charge in [0, 0.05) is 12.8 Å². The van der Waals surface area contributed by atoms with Crippen LogP contribution in [0.25, 0.3) is 0 Å². The average Bonchev–Trinajstić information content (AvgIpc) is 3.06. The third kappa shape index (κ3) is 33.5. The molecule has 0 saturated heterocycles. The van der Waals surface area contributed by atoms with Crippen LogP contribution in [-0.2, 0) is 33.3 Å². The van der Waals surface area contributed by atoms with Gasteiger partial charge >= 0.3 is 17.9 Å². The van der Waals surface area contributed by atoms with Gasteiger partial charge in [0.25, 0.3) is 6.29 Å². The Balaban J connectivity index is 4.52. The van der Waals surface area contributed by atoms with Gasteiger partial charge in [0.05, 0.1) is 34.4 Å². The molecule has 0 spiro atoms. The van der Waals surface area contributed by atoms with Crippen molar-refractivity contribution in [2.24, 2.45) is 0 Å². The van der Waals surface area contributed by atoms with E-state index in [1.54, 1.807) is 0 Å². The lowest BCUT2D eigenvalue weighted by atomic mass is 10.1. The maximum atomic E-state index is 12.6. The molecule has 0 aliphatic carbocycles. The highest BCUT2D eigenvalue weighted by Gasteiger charge is 2.25. The first kappa shape index (κ1) is 47.0. The van der Waals surface area contributed by atoms with Crippen LogP contribution < -0.4 is 0 Å². The lowest BCUT2D eigenvalue weighted by Crippen LogP contribution is -2.40. The van der Waals surface area contributed by atoms with E-state index in [1.165, 1.54) is 12.8 Å². The molecule has 0 bridgehead atoms. The van der Waals surface area contributed by atoms with E-state index in [-0.39, 0.29) is 38.6 Å². The summed E-state index contributed by atoms with van der Waals surface area (Å²) in [5.74, 6) is -2.08. The van der Waals surface area contributed by atoms with Gasteiger partial charge in [-0.25, -0.2) is 4.79 Å². The van der Waals surface area contributed by atoms with E-state index in [4.69, 9.17) is 18.9 Å². The van der Waals surface area contributed by atoms with Gasteiger partial charge in [-0.1, -0.05) is 113 Å². The lowest BCUT2D eigenvalue weighted by Gasteiger charge is -2.25. The van der Waals surface area contributed by atoms with Gasteiger partial charge in [-0.05, 0) is 57.8 Å². The zero-order valence-electron chi connectivity index (χ0n) is 32.0. The number of aliphatic carboxylic acids is 1. The molecule has 50 heavy (non-hydrogen) atoms. The molecule has 0 radical (unpaired) electrons. The number of quaternary nitrogens is 1. The summed E-state index contributed by atoms with van der Waals surface area (Å²) in [5, 5.41) is 9.55. The van der Waals surface area contributed by atoms with Crippen molar-refractivity contribution in [2.75, 3.05) is 47.5 Å². The van der Waals surface area contributed by atoms with Gasteiger partial charge < -0.3 is 28.5 Å². The Hall–Kier alpha value is -3.01. The summed E-state index contributed by atoms with van der Waals surface area (Å²) in [6, 6.07) is 0. The summed E-state index contributed by atoms with van der Waals surface area (Å²) in [7, 11) is 5.92. The molecule has 0 rings (SSSR count). The van der Waals surface area contributed by atoms with E-state index >= 15 is 0 Å². The summed E-state index contributed by atoms with van der Waals surface area (Å²) in [6.45, 7) is 4.61. The molecule has 0 fully saturated rings. The number of nitrogens with zero attached hydrogens (tertiary/aromatic N) is 1. The van der Waals surface area contributed by atoms with Crippen LogP contribution in [-0.4, -0.2) is 87.4 Å². The molecule has 0 aliphatic rings. The Morgan fingerprint density at radius 3 is 1.70 bits per heavy atom. The first-order valence-electron chi connectivity index (χ1n) is 19.0. The minimum absolute atomic E-state index is 0.178. The molecule has 2 unspecified atom stereocenters.